The van der Waals surface area contributed by atoms with Crippen LogP contribution < -0.4 is 5.32 Å². The summed E-state index contributed by atoms with van der Waals surface area (Å²) in [5.41, 5.74) is 1.06. The Morgan fingerprint density at radius 1 is 0.939 bits per heavy atom. The molecule has 49 heavy (non-hydrogen) atoms. The van der Waals surface area contributed by atoms with Crippen molar-refractivity contribution < 1.29 is 30.9 Å². The summed E-state index contributed by atoms with van der Waals surface area (Å²) in [7, 11) is 1.97. The Morgan fingerprint density at radius 3 is 2.49 bits per heavy atom. The van der Waals surface area contributed by atoms with E-state index in [1.165, 1.54) is 6.07 Å². The van der Waals surface area contributed by atoms with Crippen molar-refractivity contribution >= 4 is 23.3 Å². The molecule has 1 spiro atoms. The van der Waals surface area contributed by atoms with Crippen molar-refractivity contribution in [1.29, 1.82) is 0 Å². The van der Waals surface area contributed by atoms with Crippen LogP contribution in [0, 0.1) is 0 Å². The monoisotopic (exact) mass is 671 g/mol. The van der Waals surface area contributed by atoms with Crippen LogP contribution in [0.5, 0.6) is 0 Å². The van der Waals surface area contributed by atoms with Crippen molar-refractivity contribution in [2.75, 3.05) is 7.05 Å². The Labute approximate surface area is 276 Å². The van der Waals surface area contributed by atoms with Crippen molar-refractivity contribution in [2.45, 2.75) is 42.8 Å². The number of rotatable bonds is 5. The number of alkyl halides is 6. The molecule has 4 aliphatic rings. The van der Waals surface area contributed by atoms with Gasteiger partial charge in [-0.05, 0) is 47.1 Å². The number of halogens is 6. The molecule has 0 fully saturated rings. The van der Waals surface area contributed by atoms with Gasteiger partial charge in [0.25, 0.3) is 0 Å². The second-order valence-electron chi connectivity index (χ2n) is 12.5. The molecule has 248 valence electrons. The summed E-state index contributed by atoms with van der Waals surface area (Å²) in [5.74, 6) is 0.571. The maximum atomic E-state index is 14.0. The number of fused-ring (bicyclic) bond motifs is 1. The molecule has 6 nitrogen and oxygen atoms in total. The predicted molar refractivity (Wildman–Crippen MR) is 173 cm³/mol. The zero-order valence-electron chi connectivity index (χ0n) is 25.8. The molecule has 0 bridgehead atoms. The lowest BCUT2D eigenvalue weighted by atomic mass is 9.79. The molecule has 0 radical (unpaired) electrons. The SMILES string of the molecule is CN(Cc1ccccc1)C1=NC23CC(C4C(c5cc(-c6ccc(C(F)(F)F)cc6C(F)(F)F)no5)=Cc5ccccc54)N=C2C=CC=C3N1. The second-order valence-corrected chi connectivity index (χ2v) is 12.5. The standard InChI is InChI=1S/C37H27F6N5O/c1-48(20-21-8-3-2-4-9-21)34-45-32-13-7-12-31-35(32,46-34)19-29(44-31)33-24-11-6-5-10-22(24)16-26(33)30-18-28(47-49-30)25-15-14-23(36(38,39)40)17-27(25)37(41,42)43/h2-18,29,33H,19-20H2,1H3,(H,45,46). The lowest BCUT2D eigenvalue weighted by molar-refractivity contribution is -0.142. The maximum absolute atomic E-state index is 14.0. The number of allylic oxidation sites excluding steroid dienone is 2. The lowest BCUT2D eigenvalue weighted by Crippen LogP contribution is -2.38. The molecule has 3 heterocycles. The van der Waals surface area contributed by atoms with E-state index >= 15 is 0 Å². The summed E-state index contributed by atoms with van der Waals surface area (Å²) in [5, 5.41) is 7.42. The van der Waals surface area contributed by atoms with E-state index in [-0.39, 0.29) is 29.5 Å². The van der Waals surface area contributed by atoms with Crippen molar-refractivity contribution in [2.24, 2.45) is 9.98 Å². The number of nitrogens with zero attached hydrogens (tertiary/aromatic N) is 4. The Balaban J connectivity index is 1.14. The zero-order valence-corrected chi connectivity index (χ0v) is 25.8. The smallest absolute Gasteiger partial charge is 0.356 e. The number of benzene rings is 3. The Morgan fingerprint density at radius 2 is 1.71 bits per heavy atom. The predicted octanol–water partition coefficient (Wildman–Crippen LogP) is 8.51. The summed E-state index contributed by atoms with van der Waals surface area (Å²) in [6.45, 7) is 0.644. The van der Waals surface area contributed by atoms with Gasteiger partial charge in [-0.1, -0.05) is 71.9 Å². The average Bonchev–Trinajstić information content (AvgIpc) is 3.86. The first-order chi connectivity index (χ1) is 23.4. The summed E-state index contributed by atoms with van der Waals surface area (Å²) in [4.78, 5) is 12.5. The Bertz CT molecular complexity index is 2120. The number of aromatic nitrogens is 1. The van der Waals surface area contributed by atoms with Gasteiger partial charge >= 0.3 is 12.4 Å². The molecule has 2 aliphatic heterocycles. The number of guanidine groups is 1. The van der Waals surface area contributed by atoms with Gasteiger partial charge in [-0.2, -0.15) is 26.3 Å². The van der Waals surface area contributed by atoms with Gasteiger partial charge < -0.3 is 14.7 Å². The van der Waals surface area contributed by atoms with Crippen LogP contribution in [0.4, 0.5) is 26.3 Å². The molecular weight excluding hydrogens is 644 g/mol. The van der Waals surface area contributed by atoms with E-state index in [1.54, 1.807) is 0 Å². The fraction of sp³-hybridized carbons (Fsp3) is 0.216. The van der Waals surface area contributed by atoms with Crippen molar-refractivity contribution in [3.63, 3.8) is 0 Å². The molecule has 0 amide bonds. The van der Waals surface area contributed by atoms with Crippen LogP contribution >= 0.6 is 0 Å². The third-order valence-corrected chi connectivity index (χ3v) is 9.45. The first-order valence-electron chi connectivity index (χ1n) is 15.6. The minimum atomic E-state index is -5.06. The molecular formula is C37H27F6N5O. The molecule has 2 aliphatic carbocycles. The summed E-state index contributed by atoms with van der Waals surface area (Å²) >= 11 is 0. The van der Waals surface area contributed by atoms with E-state index in [2.05, 4.69) is 27.5 Å². The van der Waals surface area contributed by atoms with Crippen LogP contribution in [0.25, 0.3) is 22.9 Å². The van der Waals surface area contributed by atoms with Gasteiger partial charge in [0.1, 0.15) is 11.2 Å². The highest BCUT2D eigenvalue weighted by Crippen LogP contribution is 2.52. The lowest BCUT2D eigenvalue weighted by Gasteiger charge is -2.26. The molecule has 1 aromatic heterocycles. The van der Waals surface area contributed by atoms with Crippen molar-refractivity contribution in [3.8, 4) is 11.3 Å². The van der Waals surface area contributed by atoms with Gasteiger partial charge in [0.05, 0.1) is 28.6 Å². The van der Waals surface area contributed by atoms with Crippen LogP contribution in [0.3, 0.4) is 0 Å². The molecule has 3 atom stereocenters. The van der Waals surface area contributed by atoms with E-state index in [0.717, 1.165) is 34.2 Å². The van der Waals surface area contributed by atoms with Gasteiger partial charge in [-0.3, -0.25) is 4.99 Å². The van der Waals surface area contributed by atoms with E-state index in [4.69, 9.17) is 14.5 Å². The third-order valence-electron chi connectivity index (χ3n) is 9.45. The largest absolute Gasteiger partial charge is 0.417 e. The molecule has 1 N–H and O–H groups in total. The minimum absolute atomic E-state index is 0.104. The van der Waals surface area contributed by atoms with E-state index in [1.807, 2.05) is 73.8 Å². The minimum Gasteiger partial charge on any atom is -0.356 e. The molecule has 0 saturated heterocycles. The van der Waals surface area contributed by atoms with E-state index in [0.29, 0.717) is 30.6 Å². The van der Waals surface area contributed by atoms with E-state index < -0.39 is 34.6 Å². The number of nitrogens with one attached hydrogen (secondary N) is 1. The third kappa shape index (κ3) is 5.26. The fourth-order valence-electron chi connectivity index (χ4n) is 7.19. The average molecular weight is 672 g/mol. The molecule has 4 aromatic rings. The molecule has 0 saturated carbocycles. The van der Waals surface area contributed by atoms with Gasteiger partial charge in [-0.15, -0.1) is 0 Å². The van der Waals surface area contributed by atoms with Crippen molar-refractivity contribution in [1.82, 2.24) is 15.4 Å². The normalized spacial score (nSPS) is 22.4. The fourth-order valence-corrected chi connectivity index (χ4v) is 7.19. The van der Waals surface area contributed by atoms with Crippen LogP contribution in [0.1, 0.15) is 45.9 Å². The van der Waals surface area contributed by atoms with Gasteiger partial charge in [0.15, 0.2) is 11.7 Å². The molecule has 3 unspecified atom stereocenters. The number of hydrogen-bond acceptors (Lipinski definition) is 6. The van der Waals surface area contributed by atoms with E-state index in [9.17, 15) is 26.3 Å². The highest BCUT2D eigenvalue weighted by molar-refractivity contribution is 6.12. The first-order valence-corrected chi connectivity index (χ1v) is 15.6. The van der Waals surface area contributed by atoms with Crippen LogP contribution in [0.15, 0.2) is 117 Å². The van der Waals surface area contributed by atoms with Crippen LogP contribution in [0.2, 0.25) is 0 Å². The van der Waals surface area contributed by atoms with Crippen LogP contribution in [-0.4, -0.2) is 40.4 Å². The highest BCUT2D eigenvalue weighted by Gasteiger charge is 2.53. The molecule has 8 rings (SSSR count). The second kappa shape index (κ2) is 11.1. The van der Waals surface area contributed by atoms with Gasteiger partial charge in [0, 0.05) is 43.1 Å². The topological polar surface area (TPSA) is 66.0 Å². The summed E-state index contributed by atoms with van der Waals surface area (Å²) < 4.78 is 87.7. The van der Waals surface area contributed by atoms with Gasteiger partial charge in [-0.25, -0.2) is 4.99 Å². The number of hydrogen-bond donors (Lipinski definition) is 1. The summed E-state index contributed by atoms with van der Waals surface area (Å²) in [6.07, 6.45) is -1.69. The zero-order chi connectivity index (χ0) is 34.1. The Kier molecular flexibility index (Phi) is 6.99. The Hall–Kier alpha value is -5.39. The van der Waals surface area contributed by atoms with Crippen molar-refractivity contribution in [3.05, 3.63) is 136 Å². The highest BCUT2D eigenvalue weighted by atomic mass is 19.4. The molecule has 12 heteroatoms. The summed E-state index contributed by atoms with van der Waals surface area (Å²) in [6, 6.07) is 20.3. The van der Waals surface area contributed by atoms with Gasteiger partial charge in [0.2, 0.25) is 0 Å². The molecule has 3 aromatic carbocycles. The number of aliphatic imine (C=N–C) groups is 2. The maximum Gasteiger partial charge on any atom is 0.417 e. The van der Waals surface area contributed by atoms with Crippen LogP contribution in [-0.2, 0) is 18.9 Å². The first kappa shape index (κ1) is 30.9. The quantitative estimate of drug-likeness (QED) is 0.216.